The van der Waals surface area contributed by atoms with Crippen molar-refractivity contribution in [2.45, 2.75) is 6.10 Å². The van der Waals surface area contributed by atoms with Crippen LogP contribution < -0.4 is 5.73 Å². The molecule has 0 spiro atoms. The standard InChI is InChI=1S/C17H15NO2/c18-11-16(19)20-17-14-7-3-1-5-12(14)9-10-13-6-2-4-8-15(13)17/h1-10,17H,11,18H2. The van der Waals surface area contributed by atoms with E-state index in [9.17, 15) is 4.79 Å². The summed E-state index contributed by atoms with van der Waals surface area (Å²) in [5, 5.41) is 0. The number of hydrogen-bond donors (Lipinski definition) is 1. The second-order valence-corrected chi connectivity index (χ2v) is 4.67. The number of hydrogen-bond acceptors (Lipinski definition) is 3. The summed E-state index contributed by atoms with van der Waals surface area (Å²) < 4.78 is 5.57. The van der Waals surface area contributed by atoms with Crippen molar-refractivity contribution in [3.63, 3.8) is 0 Å². The van der Waals surface area contributed by atoms with Crippen LogP contribution in [0.15, 0.2) is 48.5 Å². The largest absolute Gasteiger partial charge is 0.452 e. The van der Waals surface area contributed by atoms with Crippen molar-refractivity contribution in [3.05, 3.63) is 70.8 Å². The molecule has 2 aromatic rings. The quantitative estimate of drug-likeness (QED) is 0.849. The number of fused-ring (bicyclic) bond motifs is 2. The van der Waals surface area contributed by atoms with Gasteiger partial charge in [-0.1, -0.05) is 60.7 Å². The number of nitrogens with two attached hydrogens (primary N) is 1. The predicted molar refractivity (Wildman–Crippen MR) is 78.8 cm³/mol. The van der Waals surface area contributed by atoms with E-state index < -0.39 is 12.1 Å². The first-order valence-corrected chi connectivity index (χ1v) is 6.55. The molecule has 1 aliphatic carbocycles. The molecule has 0 unspecified atom stereocenters. The van der Waals surface area contributed by atoms with Gasteiger partial charge >= 0.3 is 5.97 Å². The van der Waals surface area contributed by atoms with Gasteiger partial charge in [0.15, 0.2) is 6.10 Å². The monoisotopic (exact) mass is 265 g/mol. The lowest BCUT2D eigenvalue weighted by atomic mass is 9.96. The van der Waals surface area contributed by atoms with Crippen molar-refractivity contribution in [2.75, 3.05) is 6.54 Å². The fourth-order valence-electron chi connectivity index (χ4n) is 2.46. The molecule has 0 radical (unpaired) electrons. The van der Waals surface area contributed by atoms with E-state index in [2.05, 4.69) is 0 Å². The summed E-state index contributed by atoms with van der Waals surface area (Å²) in [7, 11) is 0. The molecule has 100 valence electrons. The molecule has 0 saturated heterocycles. The van der Waals surface area contributed by atoms with Crippen LogP contribution >= 0.6 is 0 Å². The van der Waals surface area contributed by atoms with Gasteiger partial charge in [0, 0.05) is 11.1 Å². The lowest BCUT2D eigenvalue weighted by molar-refractivity contribution is -0.145. The maximum Gasteiger partial charge on any atom is 0.320 e. The minimum atomic E-state index is -0.409. The van der Waals surface area contributed by atoms with Gasteiger partial charge in [-0.15, -0.1) is 0 Å². The summed E-state index contributed by atoms with van der Waals surface area (Å²) in [6.07, 6.45) is 3.68. The van der Waals surface area contributed by atoms with Crippen LogP contribution in [0.25, 0.3) is 12.2 Å². The molecule has 0 aromatic heterocycles. The highest BCUT2D eigenvalue weighted by molar-refractivity contribution is 5.78. The second-order valence-electron chi connectivity index (χ2n) is 4.67. The second kappa shape index (κ2) is 5.31. The Hall–Kier alpha value is -2.39. The average Bonchev–Trinajstić information content (AvgIpc) is 2.65. The van der Waals surface area contributed by atoms with Crippen molar-refractivity contribution in [1.29, 1.82) is 0 Å². The van der Waals surface area contributed by atoms with Crippen molar-refractivity contribution in [3.8, 4) is 0 Å². The Morgan fingerprint density at radius 2 is 1.45 bits per heavy atom. The van der Waals surface area contributed by atoms with Crippen LogP contribution in [0.1, 0.15) is 28.4 Å². The average molecular weight is 265 g/mol. The molecule has 0 fully saturated rings. The summed E-state index contributed by atoms with van der Waals surface area (Å²) in [4.78, 5) is 11.6. The Labute approximate surface area is 117 Å². The molecule has 0 atom stereocenters. The Kier molecular flexibility index (Phi) is 3.35. The lowest BCUT2D eigenvalue weighted by Gasteiger charge is -2.20. The highest BCUT2D eigenvalue weighted by Gasteiger charge is 2.24. The molecular weight excluding hydrogens is 250 g/mol. The van der Waals surface area contributed by atoms with Crippen molar-refractivity contribution >= 4 is 18.1 Å². The highest BCUT2D eigenvalue weighted by Crippen LogP contribution is 2.35. The zero-order valence-electron chi connectivity index (χ0n) is 11.0. The normalized spacial score (nSPS) is 13.2. The first kappa shape index (κ1) is 12.6. The molecule has 0 saturated carbocycles. The third kappa shape index (κ3) is 2.24. The van der Waals surface area contributed by atoms with E-state index in [0.717, 1.165) is 22.3 Å². The third-order valence-electron chi connectivity index (χ3n) is 3.42. The first-order chi connectivity index (χ1) is 9.79. The Bertz CT molecular complexity index is 627. The fourth-order valence-corrected chi connectivity index (χ4v) is 2.46. The zero-order valence-corrected chi connectivity index (χ0v) is 11.0. The molecule has 1 aliphatic rings. The molecule has 3 rings (SSSR count). The summed E-state index contributed by atoms with van der Waals surface area (Å²) in [5.74, 6) is -0.401. The summed E-state index contributed by atoms with van der Waals surface area (Å²) in [6.45, 7) is -0.117. The van der Waals surface area contributed by atoms with Gasteiger partial charge in [0.1, 0.15) is 0 Å². The molecule has 0 amide bonds. The molecule has 2 N–H and O–H groups in total. The summed E-state index contributed by atoms with van der Waals surface area (Å²) in [6, 6.07) is 15.8. The van der Waals surface area contributed by atoms with Crippen LogP contribution in [0.4, 0.5) is 0 Å². The molecule has 0 aliphatic heterocycles. The number of rotatable bonds is 2. The molecule has 20 heavy (non-hydrogen) atoms. The van der Waals surface area contributed by atoms with Crippen LogP contribution in [0.5, 0.6) is 0 Å². The van der Waals surface area contributed by atoms with Gasteiger partial charge in [0.25, 0.3) is 0 Å². The van der Waals surface area contributed by atoms with Crippen LogP contribution in [0, 0.1) is 0 Å². The molecule has 0 heterocycles. The zero-order chi connectivity index (χ0) is 13.9. The van der Waals surface area contributed by atoms with Crippen LogP contribution in [-0.2, 0) is 9.53 Å². The number of ether oxygens (including phenoxy) is 1. The Morgan fingerprint density at radius 1 is 0.950 bits per heavy atom. The SMILES string of the molecule is NCC(=O)OC1c2ccccc2C=Cc2ccccc21. The minimum absolute atomic E-state index is 0.117. The van der Waals surface area contributed by atoms with Gasteiger partial charge in [-0.05, 0) is 11.1 Å². The van der Waals surface area contributed by atoms with Crippen LogP contribution in [0.3, 0.4) is 0 Å². The van der Waals surface area contributed by atoms with E-state index in [1.54, 1.807) is 0 Å². The van der Waals surface area contributed by atoms with E-state index in [1.165, 1.54) is 0 Å². The lowest BCUT2D eigenvalue weighted by Crippen LogP contribution is -2.21. The number of benzene rings is 2. The number of esters is 1. The van der Waals surface area contributed by atoms with Crippen LogP contribution in [0.2, 0.25) is 0 Å². The van der Waals surface area contributed by atoms with Crippen molar-refractivity contribution in [2.24, 2.45) is 5.73 Å². The predicted octanol–water partition coefficient (Wildman–Crippen LogP) is 2.76. The molecule has 3 heteroatoms. The minimum Gasteiger partial charge on any atom is -0.452 e. The van der Waals surface area contributed by atoms with Gasteiger partial charge in [-0.25, -0.2) is 0 Å². The van der Waals surface area contributed by atoms with Crippen LogP contribution in [-0.4, -0.2) is 12.5 Å². The summed E-state index contributed by atoms with van der Waals surface area (Å²) >= 11 is 0. The van der Waals surface area contributed by atoms with Gasteiger partial charge in [-0.3, -0.25) is 4.79 Å². The smallest absolute Gasteiger partial charge is 0.320 e. The van der Waals surface area contributed by atoms with Gasteiger partial charge < -0.3 is 10.5 Å². The maximum absolute atomic E-state index is 11.6. The Balaban J connectivity index is 2.15. The molecule has 3 nitrogen and oxygen atoms in total. The summed E-state index contributed by atoms with van der Waals surface area (Å²) in [5.41, 5.74) is 9.45. The number of carbonyl (C=O) groups excluding carboxylic acids is 1. The van der Waals surface area contributed by atoms with Crippen molar-refractivity contribution in [1.82, 2.24) is 0 Å². The van der Waals surface area contributed by atoms with E-state index in [4.69, 9.17) is 10.5 Å². The van der Waals surface area contributed by atoms with E-state index in [-0.39, 0.29) is 6.54 Å². The first-order valence-electron chi connectivity index (χ1n) is 6.55. The maximum atomic E-state index is 11.6. The van der Waals surface area contributed by atoms with E-state index in [0.29, 0.717) is 0 Å². The molecule has 2 aromatic carbocycles. The topological polar surface area (TPSA) is 52.3 Å². The van der Waals surface area contributed by atoms with E-state index in [1.807, 2.05) is 60.7 Å². The third-order valence-corrected chi connectivity index (χ3v) is 3.42. The van der Waals surface area contributed by atoms with E-state index >= 15 is 0 Å². The van der Waals surface area contributed by atoms with Gasteiger partial charge in [-0.2, -0.15) is 0 Å². The van der Waals surface area contributed by atoms with Gasteiger partial charge in [0.05, 0.1) is 6.54 Å². The fraction of sp³-hybridized carbons (Fsp3) is 0.118. The van der Waals surface area contributed by atoms with Gasteiger partial charge in [0.2, 0.25) is 0 Å². The Morgan fingerprint density at radius 3 is 1.95 bits per heavy atom. The molecular formula is C17H15NO2. The van der Waals surface area contributed by atoms with Crippen molar-refractivity contribution < 1.29 is 9.53 Å². The number of carbonyl (C=O) groups is 1. The molecule has 0 bridgehead atoms. The highest BCUT2D eigenvalue weighted by atomic mass is 16.5.